The minimum absolute atomic E-state index is 0.110. The lowest BCUT2D eigenvalue weighted by Crippen LogP contribution is -2.47. The first kappa shape index (κ1) is 18.3. The van der Waals surface area contributed by atoms with Crippen LogP contribution in [0.3, 0.4) is 0 Å². The zero-order valence-electron chi connectivity index (χ0n) is 15.3. The molecule has 2 unspecified atom stereocenters. The van der Waals surface area contributed by atoms with E-state index in [4.69, 9.17) is 4.74 Å². The topological polar surface area (TPSA) is 79.6 Å². The highest BCUT2D eigenvalue weighted by Crippen LogP contribution is 2.29. The van der Waals surface area contributed by atoms with Crippen molar-refractivity contribution in [3.05, 3.63) is 48.0 Å². The van der Waals surface area contributed by atoms with E-state index in [2.05, 4.69) is 10.3 Å². The number of nitrogens with one attached hydrogen (secondary N) is 1. The zero-order chi connectivity index (χ0) is 18.5. The molecule has 7 heteroatoms. The summed E-state index contributed by atoms with van der Waals surface area (Å²) in [6.45, 7) is 1.38. The summed E-state index contributed by atoms with van der Waals surface area (Å²) < 4.78 is 7.38. The van der Waals surface area contributed by atoms with Crippen LogP contribution in [0.5, 0.6) is 5.75 Å². The van der Waals surface area contributed by atoms with Gasteiger partial charge in [-0.2, -0.15) is 0 Å². The molecule has 0 aliphatic carbocycles. The van der Waals surface area contributed by atoms with Crippen molar-refractivity contribution in [3.63, 3.8) is 0 Å². The van der Waals surface area contributed by atoms with Crippen LogP contribution in [-0.4, -0.2) is 52.4 Å². The van der Waals surface area contributed by atoms with Crippen LogP contribution in [0.2, 0.25) is 0 Å². The second-order valence-corrected chi connectivity index (χ2v) is 6.66. The van der Waals surface area contributed by atoms with Gasteiger partial charge in [0.2, 0.25) is 0 Å². The van der Waals surface area contributed by atoms with Crippen molar-refractivity contribution in [1.29, 1.82) is 0 Å². The van der Waals surface area contributed by atoms with E-state index in [1.54, 1.807) is 18.2 Å². The molecular weight excluding hydrogens is 332 g/mol. The van der Waals surface area contributed by atoms with Crippen molar-refractivity contribution in [2.75, 3.05) is 26.8 Å². The van der Waals surface area contributed by atoms with Gasteiger partial charge in [0.1, 0.15) is 17.6 Å². The van der Waals surface area contributed by atoms with Gasteiger partial charge in [-0.1, -0.05) is 18.2 Å². The fourth-order valence-electron chi connectivity index (χ4n) is 3.45. The molecule has 140 valence electrons. The van der Waals surface area contributed by atoms with E-state index in [1.165, 1.54) is 0 Å². The summed E-state index contributed by atoms with van der Waals surface area (Å²) >= 11 is 0. The third-order valence-corrected chi connectivity index (χ3v) is 4.90. The number of urea groups is 1. The number of benzene rings is 1. The van der Waals surface area contributed by atoms with Gasteiger partial charge in [0, 0.05) is 44.7 Å². The molecule has 2 N–H and O–H groups in total. The quantitative estimate of drug-likeness (QED) is 0.856. The Morgan fingerprint density at radius 2 is 2.27 bits per heavy atom. The van der Waals surface area contributed by atoms with Crippen LogP contribution in [0.25, 0.3) is 0 Å². The van der Waals surface area contributed by atoms with Crippen molar-refractivity contribution in [3.8, 4) is 5.75 Å². The van der Waals surface area contributed by atoms with Gasteiger partial charge in [0.05, 0.1) is 7.11 Å². The lowest BCUT2D eigenvalue weighted by atomic mass is 9.99. The van der Waals surface area contributed by atoms with E-state index < -0.39 is 6.04 Å². The number of aliphatic hydroxyl groups excluding tert-OH is 1. The number of nitrogens with zero attached hydrogens (tertiary/aromatic N) is 3. The number of aromatic nitrogens is 2. The highest BCUT2D eigenvalue weighted by molar-refractivity contribution is 5.75. The standard InChI is InChI=1S/C19H26N4O3/c1-22-11-9-20-18(22)17(15-7-3-4-8-16(15)26-2)21-19(25)23-10-5-6-14(12-23)13-24/h3-4,7-9,11,14,17,24H,5-6,10,12-13H2,1-2H3,(H,21,25). The summed E-state index contributed by atoms with van der Waals surface area (Å²) in [5, 5.41) is 12.5. The molecule has 26 heavy (non-hydrogen) atoms. The molecule has 2 atom stereocenters. The van der Waals surface area contributed by atoms with Crippen LogP contribution in [0.4, 0.5) is 4.79 Å². The molecule has 0 radical (unpaired) electrons. The van der Waals surface area contributed by atoms with E-state index in [9.17, 15) is 9.90 Å². The second kappa shape index (κ2) is 8.23. The Balaban J connectivity index is 1.87. The average Bonchev–Trinajstić information content (AvgIpc) is 3.11. The number of hydrogen-bond donors (Lipinski definition) is 2. The average molecular weight is 358 g/mol. The SMILES string of the molecule is COc1ccccc1C(NC(=O)N1CCCC(CO)C1)c1nccn1C. The number of imidazole rings is 1. The third kappa shape index (κ3) is 3.83. The Bertz CT molecular complexity index is 746. The third-order valence-electron chi connectivity index (χ3n) is 4.90. The maximum atomic E-state index is 12.9. The Labute approximate surface area is 153 Å². The van der Waals surface area contributed by atoms with Gasteiger partial charge in [0.15, 0.2) is 0 Å². The summed E-state index contributed by atoms with van der Waals surface area (Å²) in [5.74, 6) is 1.58. The molecule has 7 nitrogen and oxygen atoms in total. The lowest BCUT2D eigenvalue weighted by molar-refractivity contribution is 0.128. The maximum absolute atomic E-state index is 12.9. The van der Waals surface area contributed by atoms with Gasteiger partial charge < -0.3 is 24.6 Å². The van der Waals surface area contributed by atoms with Crippen LogP contribution in [0.1, 0.15) is 30.3 Å². The van der Waals surface area contributed by atoms with E-state index in [0.29, 0.717) is 18.8 Å². The largest absolute Gasteiger partial charge is 0.496 e. The number of likely N-dealkylation sites (tertiary alicyclic amines) is 1. The van der Waals surface area contributed by atoms with Crippen LogP contribution in [0.15, 0.2) is 36.7 Å². The number of rotatable bonds is 5. The molecule has 0 bridgehead atoms. The zero-order valence-corrected chi connectivity index (χ0v) is 15.3. The fraction of sp³-hybridized carbons (Fsp3) is 0.474. The highest BCUT2D eigenvalue weighted by atomic mass is 16.5. The first-order valence-corrected chi connectivity index (χ1v) is 8.90. The molecular formula is C19H26N4O3. The molecule has 2 aromatic rings. The lowest BCUT2D eigenvalue weighted by Gasteiger charge is -2.33. The van der Waals surface area contributed by atoms with Crippen molar-refractivity contribution in [2.45, 2.75) is 18.9 Å². The fourth-order valence-corrected chi connectivity index (χ4v) is 3.45. The van der Waals surface area contributed by atoms with Gasteiger partial charge in [-0.3, -0.25) is 0 Å². The Kier molecular flexibility index (Phi) is 5.78. The maximum Gasteiger partial charge on any atom is 0.318 e. The van der Waals surface area contributed by atoms with E-state index in [1.807, 2.05) is 42.1 Å². The van der Waals surface area contributed by atoms with Gasteiger partial charge in [-0.05, 0) is 24.8 Å². The summed E-state index contributed by atoms with van der Waals surface area (Å²) in [6.07, 6.45) is 5.43. The predicted octanol–water partition coefficient (Wildman–Crippen LogP) is 1.93. The van der Waals surface area contributed by atoms with E-state index in [-0.39, 0.29) is 18.6 Å². The normalized spacial score (nSPS) is 18.4. The van der Waals surface area contributed by atoms with Crippen LogP contribution < -0.4 is 10.1 Å². The van der Waals surface area contributed by atoms with Gasteiger partial charge in [-0.15, -0.1) is 0 Å². The van der Waals surface area contributed by atoms with Crippen LogP contribution in [-0.2, 0) is 7.05 Å². The van der Waals surface area contributed by atoms with Crippen molar-refractivity contribution in [1.82, 2.24) is 19.8 Å². The number of aliphatic hydroxyl groups is 1. The van der Waals surface area contributed by atoms with Crippen molar-refractivity contribution in [2.24, 2.45) is 13.0 Å². The Morgan fingerprint density at radius 1 is 1.46 bits per heavy atom. The Hall–Kier alpha value is -2.54. The molecule has 1 saturated heterocycles. The summed E-state index contributed by atoms with van der Waals surface area (Å²) in [5.41, 5.74) is 0.855. The van der Waals surface area contributed by atoms with Crippen molar-refractivity contribution >= 4 is 6.03 Å². The Morgan fingerprint density at radius 3 is 2.96 bits per heavy atom. The molecule has 2 heterocycles. The van der Waals surface area contributed by atoms with E-state index in [0.717, 1.165) is 24.2 Å². The van der Waals surface area contributed by atoms with Crippen molar-refractivity contribution < 1.29 is 14.6 Å². The number of carbonyl (C=O) groups excluding carboxylic acids is 1. The molecule has 1 aliphatic heterocycles. The summed E-state index contributed by atoms with van der Waals surface area (Å²) in [4.78, 5) is 19.1. The number of methoxy groups -OCH3 is 1. The molecule has 2 amide bonds. The summed E-state index contributed by atoms with van der Waals surface area (Å²) in [6, 6.07) is 7.06. The number of hydrogen-bond acceptors (Lipinski definition) is 4. The number of amides is 2. The molecule has 1 aliphatic rings. The molecule has 0 spiro atoms. The number of aryl methyl sites for hydroxylation is 1. The number of para-hydroxylation sites is 1. The minimum Gasteiger partial charge on any atom is -0.496 e. The number of carbonyl (C=O) groups is 1. The molecule has 1 fully saturated rings. The first-order chi connectivity index (χ1) is 12.6. The number of ether oxygens (including phenoxy) is 1. The van der Waals surface area contributed by atoms with Crippen LogP contribution >= 0.6 is 0 Å². The monoisotopic (exact) mass is 358 g/mol. The van der Waals surface area contributed by atoms with Gasteiger partial charge >= 0.3 is 6.03 Å². The van der Waals surface area contributed by atoms with Gasteiger partial charge in [0.25, 0.3) is 0 Å². The molecule has 1 aromatic carbocycles. The van der Waals surface area contributed by atoms with E-state index >= 15 is 0 Å². The van der Waals surface area contributed by atoms with Crippen LogP contribution in [0, 0.1) is 5.92 Å². The van der Waals surface area contributed by atoms with Gasteiger partial charge in [-0.25, -0.2) is 9.78 Å². The molecule has 3 rings (SSSR count). The predicted molar refractivity (Wildman–Crippen MR) is 98.0 cm³/mol. The molecule has 0 saturated carbocycles. The second-order valence-electron chi connectivity index (χ2n) is 6.66. The minimum atomic E-state index is -0.423. The first-order valence-electron chi connectivity index (χ1n) is 8.90. The number of piperidine rings is 1. The smallest absolute Gasteiger partial charge is 0.318 e. The highest BCUT2D eigenvalue weighted by Gasteiger charge is 2.28. The summed E-state index contributed by atoms with van der Waals surface area (Å²) in [7, 11) is 3.52. The molecule has 1 aromatic heterocycles.